The highest BCUT2D eigenvalue weighted by Gasteiger charge is 2.37. The fourth-order valence-electron chi connectivity index (χ4n) is 6.10. The van der Waals surface area contributed by atoms with Crippen LogP contribution in [0.4, 0.5) is 4.79 Å². The maximum Gasteiger partial charge on any atom is 0.314 e. The smallest absolute Gasteiger partial charge is 0.314 e. The predicted octanol–water partition coefficient (Wildman–Crippen LogP) is 3.35. The minimum atomic E-state index is -0.422. The van der Waals surface area contributed by atoms with Gasteiger partial charge in [-0.3, -0.25) is 4.79 Å². The lowest BCUT2D eigenvalue weighted by atomic mass is 9.82. The number of urea groups is 1. The molecule has 186 valence electrons. The number of primary amides is 1. The molecular formula is C26H39N5O3. The summed E-state index contributed by atoms with van der Waals surface area (Å²) in [5.74, 6) is 0.299. The molecule has 0 saturated carbocycles. The Balaban J connectivity index is 1.40. The number of imidazole rings is 1. The summed E-state index contributed by atoms with van der Waals surface area (Å²) in [7, 11) is 0. The number of carbonyl (C=O) groups excluding carboxylic acids is 2. The van der Waals surface area contributed by atoms with Crippen LogP contribution in [0.3, 0.4) is 0 Å². The third-order valence-corrected chi connectivity index (χ3v) is 7.95. The lowest BCUT2D eigenvalue weighted by Crippen LogP contribution is -2.46. The molecule has 0 aromatic carbocycles. The minimum Gasteiger partial charge on any atom is -0.393 e. The van der Waals surface area contributed by atoms with Crippen LogP contribution in [0, 0.1) is 11.8 Å². The molecule has 8 nitrogen and oxygen atoms in total. The van der Waals surface area contributed by atoms with Crippen molar-refractivity contribution in [3.05, 3.63) is 35.9 Å². The third-order valence-electron chi connectivity index (χ3n) is 7.95. The maximum absolute atomic E-state index is 13.2. The van der Waals surface area contributed by atoms with Crippen molar-refractivity contribution in [2.45, 2.75) is 70.9 Å². The highest BCUT2D eigenvalue weighted by molar-refractivity contribution is 5.80. The molecule has 1 aromatic heterocycles. The van der Waals surface area contributed by atoms with E-state index in [2.05, 4.69) is 28.6 Å². The number of likely N-dealkylation sites (tertiary alicyclic amines) is 1. The first-order valence-electron chi connectivity index (χ1n) is 12.8. The Morgan fingerprint density at radius 1 is 1.06 bits per heavy atom. The molecule has 2 fully saturated rings. The van der Waals surface area contributed by atoms with E-state index >= 15 is 0 Å². The number of fused-ring (bicyclic) bond motifs is 1. The number of nitrogens with zero attached hydrogens (tertiary/aromatic N) is 4. The number of piperidine rings is 1. The number of rotatable bonds is 3. The van der Waals surface area contributed by atoms with Crippen LogP contribution in [-0.4, -0.2) is 68.7 Å². The molecular weight excluding hydrogens is 430 g/mol. The van der Waals surface area contributed by atoms with Gasteiger partial charge in [-0.05, 0) is 57.9 Å². The summed E-state index contributed by atoms with van der Waals surface area (Å²) >= 11 is 0. The molecule has 1 aromatic rings. The molecule has 0 radical (unpaired) electrons. The second-order valence-electron chi connectivity index (χ2n) is 10.0. The fraction of sp³-hybridized carbons (Fsp3) is 0.654. The predicted molar refractivity (Wildman–Crippen MR) is 132 cm³/mol. The van der Waals surface area contributed by atoms with Gasteiger partial charge in [-0.15, -0.1) is 0 Å². The van der Waals surface area contributed by atoms with E-state index in [4.69, 9.17) is 5.73 Å². The van der Waals surface area contributed by atoms with Crippen molar-refractivity contribution in [2.24, 2.45) is 17.6 Å². The Morgan fingerprint density at radius 2 is 1.79 bits per heavy atom. The minimum absolute atomic E-state index is 0.0350. The van der Waals surface area contributed by atoms with Gasteiger partial charge in [0.1, 0.15) is 0 Å². The van der Waals surface area contributed by atoms with E-state index in [1.54, 1.807) is 4.90 Å². The van der Waals surface area contributed by atoms with Crippen molar-refractivity contribution < 1.29 is 14.7 Å². The lowest BCUT2D eigenvalue weighted by molar-refractivity contribution is -0.137. The van der Waals surface area contributed by atoms with Gasteiger partial charge in [0.25, 0.3) is 0 Å². The summed E-state index contributed by atoms with van der Waals surface area (Å²) in [6.07, 6.45) is 13.3. The number of aromatic nitrogens is 2. The molecule has 3 unspecified atom stereocenters. The molecule has 4 rings (SSSR count). The van der Waals surface area contributed by atoms with E-state index in [1.807, 2.05) is 24.3 Å². The summed E-state index contributed by atoms with van der Waals surface area (Å²) in [6, 6.07) is -0.271. The number of allylic oxidation sites excluding steroid dienone is 4. The standard InChI is InChI=1S/C26H39N5O3/c1-3-7-20-18(2)24(31-17-28-16-22(20)31)21-8-4-5-12-29(13-6-9-23(21)32)25(33)19-10-14-30(15-11-19)26(27)34/h3,7,16-17,19,21,23-24,32H,4-6,8-15H2,1-2H3,(H2,27,34)/b7-3-. The Hall–Kier alpha value is -2.61. The quantitative estimate of drug-likeness (QED) is 0.708. The van der Waals surface area contributed by atoms with E-state index in [9.17, 15) is 14.7 Å². The van der Waals surface area contributed by atoms with Crippen molar-refractivity contribution in [1.29, 1.82) is 0 Å². The van der Waals surface area contributed by atoms with Crippen molar-refractivity contribution >= 4 is 17.5 Å². The first-order chi connectivity index (χ1) is 16.4. The Labute approximate surface area is 202 Å². The van der Waals surface area contributed by atoms with Gasteiger partial charge in [-0.1, -0.05) is 18.6 Å². The average Bonchev–Trinajstić information content (AvgIpc) is 3.39. The van der Waals surface area contributed by atoms with Gasteiger partial charge in [0.05, 0.1) is 30.4 Å². The van der Waals surface area contributed by atoms with Gasteiger partial charge in [0.15, 0.2) is 0 Å². The van der Waals surface area contributed by atoms with E-state index in [0.29, 0.717) is 38.9 Å². The molecule has 2 saturated heterocycles. The number of aliphatic hydroxyl groups is 1. The van der Waals surface area contributed by atoms with E-state index < -0.39 is 12.1 Å². The Kier molecular flexibility index (Phi) is 7.76. The van der Waals surface area contributed by atoms with Gasteiger partial charge in [-0.25, -0.2) is 9.78 Å². The van der Waals surface area contributed by atoms with E-state index in [0.717, 1.165) is 37.9 Å². The number of hydrogen-bond acceptors (Lipinski definition) is 4. The number of aliphatic hydroxyl groups excluding tert-OH is 1. The SMILES string of the molecule is C/C=C\C1=C(C)C(C2CCCCN(C(=O)C3CCN(C(N)=O)CC3)CCCC2O)n2cncc21. The van der Waals surface area contributed by atoms with Gasteiger partial charge in [0, 0.05) is 43.6 Å². The average molecular weight is 470 g/mol. The van der Waals surface area contributed by atoms with Crippen LogP contribution in [0.15, 0.2) is 30.2 Å². The molecule has 0 aliphatic carbocycles. The normalized spacial score (nSPS) is 27.3. The van der Waals surface area contributed by atoms with Crippen LogP contribution in [0.1, 0.15) is 70.5 Å². The van der Waals surface area contributed by atoms with Crippen LogP contribution >= 0.6 is 0 Å². The molecule has 8 heteroatoms. The second kappa shape index (κ2) is 10.8. The molecule has 3 aliphatic heterocycles. The number of hydrogen-bond donors (Lipinski definition) is 2. The van der Waals surface area contributed by atoms with Crippen LogP contribution < -0.4 is 5.73 Å². The van der Waals surface area contributed by atoms with Crippen molar-refractivity contribution in [1.82, 2.24) is 19.4 Å². The molecule has 3 N–H and O–H groups in total. The summed E-state index contributed by atoms with van der Waals surface area (Å²) in [4.78, 5) is 32.6. The summed E-state index contributed by atoms with van der Waals surface area (Å²) in [6.45, 7) is 6.76. The fourth-order valence-corrected chi connectivity index (χ4v) is 6.10. The zero-order valence-electron chi connectivity index (χ0n) is 20.5. The third kappa shape index (κ3) is 4.92. The largest absolute Gasteiger partial charge is 0.393 e. The van der Waals surface area contributed by atoms with Gasteiger partial charge in [0.2, 0.25) is 5.91 Å². The Morgan fingerprint density at radius 3 is 2.50 bits per heavy atom. The van der Waals surface area contributed by atoms with Crippen LogP contribution in [-0.2, 0) is 4.79 Å². The summed E-state index contributed by atoms with van der Waals surface area (Å²) < 4.78 is 2.23. The van der Waals surface area contributed by atoms with Gasteiger partial charge >= 0.3 is 6.03 Å². The van der Waals surface area contributed by atoms with E-state index in [-0.39, 0.29) is 23.8 Å². The zero-order valence-corrected chi connectivity index (χ0v) is 20.5. The van der Waals surface area contributed by atoms with Crippen LogP contribution in [0.5, 0.6) is 0 Å². The molecule has 0 spiro atoms. The van der Waals surface area contributed by atoms with Crippen molar-refractivity contribution in [3.63, 3.8) is 0 Å². The highest BCUT2D eigenvalue weighted by atomic mass is 16.3. The van der Waals surface area contributed by atoms with Gasteiger partial charge < -0.3 is 25.2 Å². The molecule has 3 aliphatic rings. The molecule has 0 bridgehead atoms. The number of nitrogens with two attached hydrogens (primary N) is 1. The van der Waals surface area contributed by atoms with E-state index in [1.165, 1.54) is 11.1 Å². The van der Waals surface area contributed by atoms with Gasteiger partial charge in [-0.2, -0.15) is 0 Å². The molecule has 4 heterocycles. The lowest BCUT2D eigenvalue weighted by Gasteiger charge is -2.35. The maximum atomic E-state index is 13.2. The first kappa shape index (κ1) is 24.5. The van der Waals surface area contributed by atoms with Crippen molar-refractivity contribution in [2.75, 3.05) is 26.2 Å². The zero-order chi connectivity index (χ0) is 24.2. The number of carbonyl (C=O) groups is 2. The topological polar surface area (TPSA) is 105 Å². The Bertz CT molecular complexity index is 944. The second-order valence-corrected chi connectivity index (χ2v) is 10.0. The van der Waals surface area contributed by atoms with Crippen molar-refractivity contribution in [3.8, 4) is 0 Å². The number of amides is 3. The summed E-state index contributed by atoms with van der Waals surface area (Å²) in [5, 5.41) is 11.3. The van der Waals surface area contributed by atoms with Crippen LogP contribution in [0.2, 0.25) is 0 Å². The monoisotopic (exact) mass is 469 g/mol. The molecule has 34 heavy (non-hydrogen) atoms. The molecule has 3 atom stereocenters. The highest BCUT2D eigenvalue weighted by Crippen LogP contribution is 2.44. The molecule has 3 amide bonds. The summed E-state index contributed by atoms with van der Waals surface area (Å²) in [5.41, 5.74) is 9.03. The van der Waals surface area contributed by atoms with Crippen LogP contribution in [0.25, 0.3) is 5.57 Å². The first-order valence-corrected chi connectivity index (χ1v) is 12.8.